The van der Waals surface area contributed by atoms with Crippen molar-refractivity contribution in [1.82, 2.24) is 9.80 Å². The van der Waals surface area contributed by atoms with E-state index in [1.54, 1.807) is 9.80 Å². The fourth-order valence-electron chi connectivity index (χ4n) is 2.68. The Morgan fingerprint density at radius 1 is 1.41 bits per heavy atom. The number of carboxylic acids is 1. The average Bonchev–Trinajstić information content (AvgIpc) is 2.84. The quantitative estimate of drug-likeness (QED) is 0.764. The van der Waals surface area contributed by atoms with Gasteiger partial charge in [0.2, 0.25) is 0 Å². The number of rotatable bonds is 6. The summed E-state index contributed by atoms with van der Waals surface area (Å²) in [5.41, 5.74) is -0.552. The smallest absolute Gasteiger partial charge is 0.410 e. The number of carboxylic acid groups (broad SMARTS) is 1. The first-order valence-corrected chi connectivity index (χ1v) is 7.77. The summed E-state index contributed by atoms with van der Waals surface area (Å²) >= 11 is 0. The first kappa shape index (κ1) is 18.7. The van der Waals surface area contributed by atoms with Crippen LogP contribution in [0.4, 0.5) is 4.79 Å². The summed E-state index contributed by atoms with van der Waals surface area (Å²) < 4.78 is 5.40. The monoisotopic (exact) mass is 316 g/mol. The van der Waals surface area contributed by atoms with Crippen LogP contribution >= 0.6 is 0 Å². The van der Waals surface area contributed by atoms with E-state index in [1.165, 1.54) is 0 Å². The van der Waals surface area contributed by atoms with E-state index in [0.29, 0.717) is 19.6 Å². The van der Waals surface area contributed by atoms with E-state index in [2.05, 4.69) is 0 Å². The number of hydrogen-bond acceptors (Lipinski definition) is 5. The van der Waals surface area contributed by atoms with Gasteiger partial charge in [-0.25, -0.2) is 4.79 Å². The second-order valence-electron chi connectivity index (χ2n) is 6.59. The van der Waals surface area contributed by atoms with Gasteiger partial charge in [-0.3, -0.25) is 9.69 Å². The maximum atomic E-state index is 12.2. The highest BCUT2D eigenvalue weighted by Crippen LogP contribution is 2.22. The number of aliphatic carboxylic acids is 1. The Balaban J connectivity index is 2.73. The topological polar surface area (TPSA) is 90.3 Å². The van der Waals surface area contributed by atoms with Gasteiger partial charge < -0.3 is 19.8 Å². The Hall–Kier alpha value is -1.34. The molecule has 1 rings (SSSR count). The van der Waals surface area contributed by atoms with E-state index in [1.807, 2.05) is 27.7 Å². The Labute approximate surface area is 131 Å². The third-order valence-corrected chi connectivity index (χ3v) is 3.76. The number of aliphatic hydroxyl groups is 1. The fraction of sp³-hybridized carbons (Fsp3) is 0.867. The van der Waals surface area contributed by atoms with Crippen LogP contribution in [0.1, 0.15) is 40.5 Å². The summed E-state index contributed by atoms with van der Waals surface area (Å²) in [5, 5.41) is 18.4. The van der Waals surface area contributed by atoms with Crippen LogP contribution in [0.2, 0.25) is 0 Å². The molecule has 0 bridgehead atoms. The Morgan fingerprint density at radius 3 is 2.50 bits per heavy atom. The van der Waals surface area contributed by atoms with Crippen molar-refractivity contribution in [3.63, 3.8) is 0 Å². The van der Waals surface area contributed by atoms with E-state index in [4.69, 9.17) is 9.84 Å². The van der Waals surface area contributed by atoms with Gasteiger partial charge in [0, 0.05) is 19.1 Å². The number of aliphatic hydroxyl groups excluding tert-OH is 1. The number of likely N-dealkylation sites (tertiary alicyclic amines) is 1. The molecule has 1 saturated heterocycles. The maximum absolute atomic E-state index is 12.2. The van der Waals surface area contributed by atoms with Gasteiger partial charge in [-0.05, 0) is 40.2 Å². The predicted molar refractivity (Wildman–Crippen MR) is 81.7 cm³/mol. The SMILES string of the molecule is CCN(CC1CCCN1C(=O)OC(C)(C)C)[C@@H](CO)C(=O)O. The van der Waals surface area contributed by atoms with Crippen LogP contribution in [-0.4, -0.2) is 76.0 Å². The van der Waals surface area contributed by atoms with Crippen molar-refractivity contribution in [3.8, 4) is 0 Å². The third kappa shape index (κ3) is 5.14. The number of likely N-dealkylation sites (N-methyl/N-ethyl adjacent to an activating group) is 1. The molecule has 0 saturated carbocycles. The molecule has 0 aromatic rings. The van der Waals surface area contributed by atoms with E-state index in [0.717, 1.165) is 12.8 Å². The first-order chi connectivity index (χ1) is 10.2. The number of nitrogens with zero attached hydrogens (tertiary/aromatic N) is 2. The van der Waals surface area contributed by atoms with Crippen molar-refractivity contribution in [2.45, 2.75) is 58.2 Å². The average molecular weight is 316 g/mol. The highest BCUT2D eigenvalue weighted by atomic mass is 16.6. The highest BCUT2D eigenvalue weighted by molar-refractivity contribution is 5.73. The van der Waals surface area contributed by atoms with E-state index >= 15 is 0 Å². The van der Waals surface area contributed by atoms with Crippen LogP contribution in [0.5, 0.6) is 0 Å². The molecule has 2 atom stereocenters. The minimum atomic E-state index is -1.05. The summed E-state index contributed by atoms with van der Waals surface area (Å²) in [5.74, 6) is -1.05. The molecule has 7 heteroatoms. The standard InChI is InChI=1S/C15H28N2O5/c1-5-16(12(10-18)13(19)20)9-11-7-6-8-17(11)14(21)22-15(2,3)4/h11-12,18H,5-10H2,1-4H3,(H,19,20)/t11?,12-/m0/s1. The first-order valence-electron chi connectivity index (χ1n) is 7.77. The van der Waals surface area contributed by atoms with Crippen molar-refractivity contribution < 1.29 is 24.5 Å². The zero-order chi connectivity index (χ0) is 16.9. The van der Waals surface area contributed by atoms with Crippen LogP contribution in [-0.2, 0) is 9.53 Å². The number of carbonyl (C=O) groups excluding carboxylic acids is 1. The lowest BCUT2D eigenvalue weighted by atomic mass is 10.1. The molecule has 1 unspecified atom stereocenters. The van der Waals surface area contributed by atoms with Crippen molar-refractivity contribution in [1.29, 1.82) is 0 Å². The second-order valence-corrected chi connectivity index (χ2v) is 6.59. The number of amides is 1. The van der Waals surface area contributed by atoms with Crippen molar-refractivity contribution in [2.75, 3.05) is 26.2 Å². The van der Waals surface area contributed by atoms with Gasteiger partial charge in [0.05, 0.1) is 6.61 Å². The molecular formula is C15H28N2O5. The molecule has 1 aliphatic rings. The summed E-state index contributed by atoms with van der Waals surface area (Å²) in [6.45, 7) is 8.40. The molecule has 1 aliphatic heterocycles. The van der Waals surface area contributed by atoms with Gasteiger partial charge in [-0.1, -0.05) is 6.92 Å². The molecule has 1 amide bonds. The van der Waals surface area contributed by atoms with Crippen molar-refractivity contribution in [3.05, 3.63) is 0 Å². The molecule has 22 heavy (non-hydrogen) atoms. The lowest BCUT2D eigenvalue weighted by Crippen LogP contribution is -2.51. The van der Waals surface area contributed by atoms with E-state index in [9.17, 15) is 14.7 Å². The summed E-state index contributed by atoms with van der Waals surface area (Å²) in [4.78, 5) is 26.8. The summed E-state index contributed by atoms with van der Waals surface area (Å²) in [6, 6.07) is -1.02. The molecule has 0 aromatic heterocycles. The molecule has 0 spiro atoms. The van der Waals surface area contributed by atoms with Crippen molar-refractivity contribution >= 4 is 12.1 Å². The normalized spacial score (nSPS) is 20.3. The van der Waals surface area contributed by atoms with Crippen LogP contribution in [0.3, 0.4) is 0 Å². The van der Waals surface area contributed by atoms with Gasteiger partial charge in [0.25, 0.3) is 0 Å². The number of carbonyl (C=O) groups is 2. The Bertz CT molecular complexity index is 394. The largest absolute Gasteiger partial charge is 0.480 e. The van der Waals surface area contributed by atoms with Gasteiger partial charge in [-0.15, -0.1) is 0 Å². The second kappa shape index (κ2) is 7.78. The van der Waals surface area contributed by atoms with Crippen LogP contribution in [0.15, 0.2) is 0 Å². The molecule has 1 heterocycles. The van der Waals surface area contributed by atoms with Gasteiger partial charge >= 0.3 is 12.1 Å². The maximum Gasteiger partial charge on any atom is 0.410 e. The highest BCUT2D eigenvalue weighted by Gasteiger charge is 2.35. The van der Waals surface area contributed by atoms with E-state index in [-0.39, 0.29) is 12.1 Å². The molecule has 1 fully saturated rings. The molecule has 128 valence electrons. The minimum Gasteiger partial charge on any atom is -0.480 e. The van der Waals surface area contributed by atoms with Gasteiger partial charge in [0.1, 0.15) is 11.6 Å². The van der Waals surface area contributed by atoms with Crippen LogP contribution in [0, 0.1) is 0 Å². The Morgan fingerprint density at radius 2 is 2.05 bits per heavy atom. The lowest BCUT2D eigenvalue weighted by Gasteiger charge is -2.33. The lowest BCUT2D eigenvalue weighted by molar-refractivity contribution is -0.145. The molecule has 0 aromatic carbocycles. The minimum absolute atomic E-state index is 0.0804. The van der Waals surface area contributed by atoms with Crippen molar-refractivity contribution in [2.24, 2.45) is 0 Å². The molecule has 7 nitrogen and oxygen atoms in total. The van der Waals surface area contributed by atoms with Crippen LogP contribution in [0.25, 0.3) is 0 Å². The summed E-state index contributed by atoms with van der Waals surface area (Å²) in [7, 11) is 0. The molecule has 0 radical (unpaired) electrons. The number of hydrogen-bond donors (Lipinski definition) is 2. The summed E-state index contributed by atoms with van der Waals surface area (Å²) in [6.07, 6.45) is 1.33. The van der Waals surface area contributed by atoms with Crippen LogP contribution < -0.4 is 0 Å². The number of ether oxygens (including phenoxy) is 1. The molecule has 2 N–H and O–H groups in total. The third-order valence-electron chi connectivity index (χ3n) is 3.76. The predicted octanol–water partition coefficient (Wildman–Crippen LogP) is 1.15. The molecule has 0 aliphatic carbocycles. The Kier molecular flexibility index (Phi) is 6.62. The fourth-order valence-corrected chi connectivity index (χ4v) is 2.68. The van der Waals surface area contributed by atoms with Gasteiger partial charge in [-0.2, -0.15) is 0 Å². The zero-order valence-electron chi connectivity index (χ0n) is 13.9. The zero-order valence-corrected chi connectivity index (χ0v) is 13.9. The van der Waals surface area contributed by atoms with E-state index < -0.39 is 24.2 Å². The van der Waals surface area contributed by atoms with Gasteiger partial charge in [0.15, 0.2) is 0 Å². The molecular weight excluding hydrogens is 288 g/mol.